The zero-order valence-corrected chi connectivity index (χ0v) is 12.3. The average Bonchev–Trinajstić information content (AvgIpc) is 2.97. The van der Waals surface area contributed by atoms with Gasteiger partial charge in [0.2, 0.25) is 0 Å². The van der Waals surface area contributed by atoms with Crippen molar-refractivity contribution in [2.24, 2.45) is 0 Å². The Morgan fingerprint density at radius 2 is 2.45 bits per heavy atom. The van der Waals surface area contributed by atoms with Crippen molar-refractivity contribution in [1.82, 2.24) is 9.88 Å². The van der Waals surface area contributed by atoms with Crippen molar-refractivity contribution in [2.45, 2.75) is 32.3 Å². The molecule has 20 heavy (non-hydrogen) atoms. The van der Waals surface area contributed by atoms with Crippen LogP contribution in [0.1, 0.15) is 36.5 Å². The van der Waals surface area contributed by atoms with Crippen molar-refractivity contribution >= 4 is 11.6 Å². The average molecular weight is 277 g/mol. The minimum atomic E-state index is -0.00722. The number of aromatic nitrogens is 1. The number of nitrogens with zero attached hydrogens (tertiary/aromatic N) is 2. The van der Waals surface area contributed by atoms with E-state index in [2.05, 4.69) is 17.2 Å². The predicted octanol–water partition coefficient (Wildman–Crippen LogP) is 2.15. The second-order valence-corrected chi connectivity index (χ2v) is 5.17. The molecule has 0 spiro atoms. The fourth-order valence-corrected chi connectivity index (χ4v) is 2.36. The van der Waals surface area contributed by atoms with Crippen LogP contribution >= 0.6 is 0 Å². The topological polar surface area (TPSA) is 54.5 Å². The highest BCUT2D eigenvalue weighted by Gasteiger charge is 2.22. The Balaban J connectivity index is 2.03. The monoisotopic (exact) mass is 277 g/mol. The van der Waals surface area contributed by atoms with E-state index in [1.54, 1.807) is 17.3 Å². The molecule has 1 aliphatic rings. The van der Waals surface area contributed by atoms with Gasteiger partial charge in [0.05, 0.1) is 17.4 Å². The first-order valence-electron chi connectivity index (χ1n) is 7.27. The van der Waals surface area contributed by atoms with Crippen LogP contribution in [0.4, 0.5) is 5.69 Å². The number of likely N-dealkylation sites (N-methyl/N-ethyl adjacent to an activating group) is 1. The Morgan fingerprint density at radius 1 is 1.60 bits per heavy atom. The quantitative estimate of drug-likeness (QED) is 0.865. The summed E-state index contributed by atoms with van der Waals surface area (Å²) in [6, 6.07) is 1.85. The normalized spacial score (nSPS) is 18.0. The fourth-order valence-electron chi connectivity index (χ4n) is 2.36. The lowest BCUT2D eigenvalue weighted by Gasteiger charge is -2.22. The Bertz CT molecular complexity index is 444. The van der Waals surface area contributed by atoms with Crippen LogP contribution in [0, 0.1) is 0 Å². The molecule has 0 aliphatic carbocycles. The number of ether oxygens (including phenoxy) is 1. The Kier molecular flexibility index (Phi) is 5.35. The number of nitrogens with one attached hydrogen (secondary N) is 1. The number of hydrogen-bond acceptors (Lipinski definition) is 4. The minimum Gasteiger partial charge on any atom is -0.384 e. The summed E-state index contributed by atoms with van der Waals surface area (Å²) in [6.07, 6.45) is 6.64. The number of carbonyl (C=O) groups excluding carboxylic acids is 1. The molecule has 1 fully saturated rings. The molecule has 2 heterocycles. The zero-order valence-electron chi connectivity index (χ0n) is 12.3. The van der Waals surface area contributed by atoms with Gasteiger partial charge in [0.1, 0.15) is 0 Å². The summed E-state index contributed by atoms with van der Waals surface area (Å²) in [5.41, 5.74) is 1.48. The molecule has 0 aromatic carbocycles. The SMILES string of the molecule is CCCNc1ccncc1C(=O)N(C)CC1CCCO1. The molecular formula is C15H23N3O2. The van der Waals surface area contributed by atoms with Crippen molar-refractivity contribution < 1.29 is 9.53 Å². The molecular weight excluding hydrogens is 254 g/mol. The summed E-state index contributed by atoms with van der Waals surface area (Å²) >= 11 is 0. The van der Waals surface area contributed by atoms with Gasteiger partial charge in [-0.25, -0.2) is 0 Å². The van der Waals surface area contributed by atoms with Gasteiger partial charge >= 0.3 is 0 Å². The molecule has 1 N–H and O–H groups in total. The summed E-state index contributed by atoms with van der Waals surface area (Å²) < 4.78 is 5.58. The summed E-state index contributed by atoms with van der Waals surface area (Å²) in [5, 5.41) is 3.27. The summed E-state index contributed by atoms with van der Waals surface area (Å²) in [5.74, 6) is -0.00722. The summed E-state index contributed by atoms with van der Waals surface area (Å²) in [7, 11) is 1.82. The number of rotatable bonds is 6. The van der Waals surface area contributed by atoms with Gasteiger partial charge in [0, 0.05) is 39.1 Å². The molecule has 0 bridgehead atoms. The van der Waals surface area contributed by atoms with Crippen LogP contribution in [-0.2, 0) is 4.74 Å². The van der Waals surface area contributed by atoms with Crippen LogP contribution < -0.4 is 5.32 Å². The third kappa shape index (κ3) is 3.70. The molecule has 0 saturated carbocycles. The van der Waals surface area contributed by atoms with Crippen molar-refractivity contribution in [3.63, 3.8) is 0 Å². The summed E-state index contributed by atoms with van der Waals surface area (Å²) in [6.45, 7) is 4.39. The molecule has 1 unspecified atom stereocenters. The van der Waals surface area contributed by atoms with Crippen molar-refractivity contribution in [2.75, 3.05) is 32.1 Å². The van der Waals surface area contributed by atoms with Gasteiger partial charge in [0.25, 0.3) is 5.91 Å². The number of carbonyl (C=O) groups is 1. The van der Waals surface area contributed by atoms with Gasteiger partial charge in [-0.2, -0.15) is 0 Å². The number of anilines is 1. The first-order valence-corrected chi connectivity index (χ1v) is 7.27. The van der Waals surface area contributed by atoms with Crippen molar-refractivity contribution in [1.29, 1.82) is 0 Å². The predicted molar refractivity (Wildman–Crippen MR) is 79.0 cm³/mol. The maximum Gasteiger partial charge on any atom is 0.257 e. The maximum atomic E-state index is 12.5. The fraction of sp³-hybridized carbons (Fsp3) is 0.600. The Hall–Kier alpha value is -1.62. The molecule has 0 radical (unpaired) electrons. The first kappa shape index (κ1) is 14.8. The molecule has 1 amide bonds. The van der Waals surface area contributed by atoms with Crippen molar-refractivity contribution in [3.8, 4) is 0 Å². The minimum absolute atomic E-state index is 0.00722. The van der Waals surface area contributed by atoms with Crippen LogP contribution in [-0.4, -0.2) is 48.6 Å². The van der Waals surface area contributed by atoms with E-state index in [1.807, 2.05) is 13.1 Å². The highest BCUT2D eigenvalue weighted by atomic mass is 16.5. The molecule has 1 atom stereocenters. The van der Waals surface area contributed by atoms with E-state index in [-0.39, 0.29) is 12.0 Å². The van der Waals surface area contributed by atoms with E-state index in [9.17, 15) is 4.79 Å². The third-order valence-corrected chi connectivity index (χ3v) is 3.47. The Labute approximate surface area is 120 Å². The second-order valence-electron chi connectivity index (χ2n) is 5.17. The largest absolute Gasteiger partial charge is 0.384 e. The number of amides is 1. The summed E-state index contributed by atoms with van der Waals surface area (Å²) in [4.78, 5) is 18.3. The van der Waals surface area contributed by atoms with Crippen LogP contribution in [0.5, 0.6) is 0 Å². The Morgan fingerprint density at radius 3 is 3.15 bits per heavy atom. The van der Waals surface area contributed by atoms with Crippen molar-refractivity contribution in [3.05, 3.63) is 24.0 Å². The lowest BCUT2D eigenvalue weighted by Crippen LogP contribution is -2.34. The van der Waals surface area contributed by atoms with Gasteiger partial charge in [-0.05, 0) is 25.3 Å². The molecule has 1 aromatic rings. The molecule has 5 nitrogen and oxygen atoms in total. The molecule has 1 saturated heterocycles. The lowest BCUT2D eigenvalue weighted by atomic mass is 10.2. The van der Waals surface area contributed by atoms with E-state index in [4.69, 9.17) is 4.74 Å². The third-order valence-electron chi connectivity index (χ3n) is 3.47. The number of hydrogen-bond donors (Lipinski definition) is 1. The van der Waals surface area contributed by atoms with Gasteiger partial charge < -0.3 is 15.0 Å². The molecule has 110 valence electrons. The molecule has 1 aliphatic heterocycles. The smallest absolute Gasteiger partial charge is 0.257 e. The van der Waals surface area contributed by atoms with Crippen LogP contribution in [0.25, 0.3) is 0 Å². The standard InChI is InChI=1S/C15H23N3O2/c1-3-7-17-14-6-8-16-10-13(14)15(19)18(2)11-12-5-4-9-20-12/h6,8,10,12H,3-5,7,9,11H2,1-2H3,(H,16,17). The number of pyridine rings is 1. The van der Waals surface area contributed by atoms with Gasteiger partial charge in [-0.1, -0.05) is 6.92 Å². The van der Waals surface area contributed by atoms with E-state index in [1.165, 1.54) is 0 Å². The van der Waals surface area contributed by atoms with Gasteiger partial charge in [-0.15, -0.1) is 0 Å². The van der Waals surface area contributed by atoms with Crippen LogP contribution in [0.15, 0.2) is 18.5 Å². The highest BCUT2D eigenvalue weighted by molar-refractivity contribution is 5.99. The lowest BCUT2D eigenvalue weighted by molar-refractivity contribution is 0.0587. The van der Waals surface area contributed by atoms with Gasteiger partial charge in [-0.3, -0.25) is 9.78 Å². The molecule has 2 rings (SSSR count). The zero-order chi connectivity index (χ0) is 14.4. The molecule has 5 heteroatoms. The van der Waals surface area contributed by atoms with E-state index in [0.29, 0.717) is 12.1 Å². The first-order chi connectivity index (χ1) is 9.72. The molecule has 1 aromatic heterocycles. The van der Waals surface area contributed by atoms with Crippen LogP contribution in [0.2, 0.25) is 0 Å². The van der Waals surface area contributed by atoms with Gasteiger partial charge in [0.15, 0.2) is 0 Å². The van der Waals surface area contributed by atoms with E-state index >= 15 is 0 Å². The second kappa shape index (κ2) is 7.24. The van der Waals surface area contributed by atoms with E-state index in [0.717, 1.165) is 38.1 Å². The van der Waals surface area contributed by atoms with Crippen LogP contribution in [0.3, 0.4) is 0 Å². The maximum absolute atomic E-state index is 12.5. The highest BCUT2D eigenvalue weighted by Crippen LogP contribution is 2.18. The van der Waals surface area contributed by atoms with E-state index < -0.39 is 0 Å².